The Bertz CT molecular complexity index is 1860. The van der Waals surface area contributed by atoms with Gasteiger partial charge in [0.1, 0.15) is 5.92 Å². The van der Waals surface area contributed by atoms with Crippen LogP contribution in [0.25, 0.3) is 11.1 Å². The number of fused-ring (bicyclic) bond motifs is 3. The average Bonchev–Trinajstić information content (AvgIpc) is 3.07. The zero-order valence-electron chi connectivity index (χ0n) is 24.7. The molecular weight excluding hydrogens is 516 g/mol. The van der Waals surface area contributed by atoms with Crippen LogP contribution >= 0.6 is 0 Å². The second-order valence-electron chi connectivity index (χ2n) is 12.0. The van der Waals surface area contributed by atoms with Crippen LogP contribution in [0.4, 0.5) is 0 Å². The summed E-state index contributed by atoms with van der Waals surface area (Å²) in [6.07, 6.45) is 39.5. The minimum Gasteiger partial charge on any atom is -0.106 e. The summed E-state index contributed by atoms with van der Waals surface area (Å²) >= 11 is 0. The van der Waals surface area contributed by atoms with E-state index < -0.39 is 0 Å². The summed E-state index contributed by atoms with van der Waals surface area (Å²) in [5, 5.41) is 0. The van der Waals surface area contributed by atoms with Crippen LogP contribution in [0, 0.1) is 40.9 Å². The monoisotopic (exact) mass is 551 g/mol. The third kappa shape index (κ3) is 4.58. The largest absolute Gasteiger partial charge is 0.111 e. The molecule has 4 atom stereocenters. The van der Waals surface area contributed by atoms with Crippen molar-refractivity contribution < 1.29 is 0 Å². The van der Waals surface area contributed by atoms with Gasteiger partial charge in [-0.25, -0.2) is 0 Å². The second-order valence-corrected chi connectivity index (χ2v) is 12.0. The van der Waals surface area contributed by atoms with Crippen LogP contribution in [0.3, 0.4) is 0 Å². The zero-order chi connectivity index (χ0) is 29.4. The molecule has 0 saturated carbocycles. The zero-order valence-corrected chi connectivity index (χ0v) is 24.7. The molecule has 7 rings (SSSR count). The maximum Gasteiger partial charge on any atom is 0.111 e. The molecule has 0 nitrogen and oxygen atoms in total. The summed E-state index contributed by atoms with van der Waals surface area (Å²) in [6, 6.07) is 9.18. The molecule has 0 fully saturated rings. The molecular formula is C43H35. The van der Waals surface area contributed by atoms with Crippen molar-refractivity contribution in [3.8, 4) is 11.8 Å². The predicted molar refractivity (Wildman–Crippen MR) is 182 cm³/mol. The fourth-order valence-electron chi connectivity index (χ4n) is 7.68. The van der Waals surface area contributed by atoms with E-state index in [1.807, 2.05) is 12.2 Å². The van der Waals surface area contributed by atoms with Gasteiger partial charge in [0.2, 0.25) is 0 Å². The molecule has 0 aliphatic heterocycles. The molecule has 207 valence electrons. The quantitative estimate of drug-likeness (QED) is 0.187. The van der Waals surface area contributed by atoms with Gasteiger partial charge >= 0.3 is 0 Å². The smallest absolute Gasteiger partial charge is 0.106 e. The molecule has 6 aliphatic carbocycles. The predicted octanol–water partition coefficient (Wildman–Crippen LogP) is 10.1. The fraction of sp³-hybridized carbons (Fsp3) is 0.163. The highest BCUT2D eigenvalue weighted by atomic mass is 14.6. The molecule has 0 spiro atoms. The molecule has 0 saturated heterocycles. The van der Waals surface area contributed by atoms with Gasteiger partial charge in [-0.05, 0) is 75.5 Å². The first kappa shape index (κ1) is 27.0. The third-order valence-corrected chi connectivity index (χ3v) is 9.75. The first-order valence-electron chi connectivity index (χ1n) is 15.3. The van der Waals surface area contributed by atoms with Crippen molar-refractivity contribution in [3.05, 3.63) is 191 Å². The van der Waals surface area contributed by atoms with E-state index in [2.05, 4.69) is 147 Å². The van der Waals surface area contributed by atoms with Crippen molar-refractivity contribution in [1.29, 1.82) is 0 Å². The molecule has 43 heavy (non-hydrogen) atoms. The van der Waals surface area contributed by atoms with Gasteiger partial charge in [-0.15, -0.1) is 5.73 Å². The molecule has 6 aliphatic rings. The Morgan fingerprint density at radius 2 is 1.88 bits per heavy atom. The topological polar surface area (TPSA) is 0 Å². The number of allylic oxidation sites excluding steroid dienone is 23. The van der Waals surface area contributed by atoms with E-state index in [1.54, 1.807) is 6.08 Å². The summed E-state index contributed by atoms with van der Waals surface area (Å²) < 4.78 is 0. The van der Waals surface area contributed by atoms with E-state index in [0.717, 1.165) is 29.9 Å². The maximum absolute atomic E-state index is 4.31. The van der Waals surface area contributed by atoms with Crippen molar-refractivity contribution in [1.82, 2.24) is 0 Å². The van der Waals surface area contributed by atoms with Gasteiger partial charge in [-0.2, -0.15) is 0 Å². The van der Waals surface area contributed by atoms with Gasteiger partial charge in [-0.1, -0.05) is 141 Å². The standard InChI is InChI=1S/C43H35/c1-4-5-15-30(2)32-18-12-19-33(28-32)34-20-13-21-35(29-34)42-37-23-8-10-25-40(37)43(3,41-26-11-9-24-38(41)42)39-27-14-17-31-16-6-7-22-36(31)39/h4-6,8-11,13-15,17,19-21,23-29,37,40-41H,1-2,12,18H2,3H3/b15-5-. The molecule has 0 heteroatoms. The van der Waals surface area contributed by atoms with E-state index in [4.69, 9.17) is 0 Å². The highest BCUT2D eigenvalue weighted by Gasteiger charge is 2.53. The lowest BCUT2D eigenvalue weighted by Gasteiger charge is -2.54. The Balaban J connectivity index is 1.34. The lowest BCUT2D eigenvalue weighted by atomic mass is 9.49. The molecule has 0 bridgehead atoms. The average molecular weight is 552 g/mol. The summed E-state index contributed by atoms with van der Waals surface area (Å²) in [5.74, 6) is 8.51. The fourth-order valence-corrected chi connectivity index (χ4v) is 7.68. The van der Waals surface area contributed by atoms with Crippen molar-refractivity contribution in [3.63, 3.8) is 0 Å². The maximum atomic E-state index is 4.31. The summed E-state index contributed by atoms with van der Waals surface area (Å²) in [6.45, 7) is 10.6. The Morgan fingerprint density at radius 3 is 2.79 bits per heavy atom. The molecule has 0 aromatic heterocycles. The Labute approximate surface area is 256 Å². The normalized spacial score (nSPS) is 28.3. The van der Waals surface area contributed by atoms with Gasteiger partial charge in [0, 0.05) is 28.9 Å². The minimum absolute atomic E-state index is 0.175. The van der Waals surface area contributed by atoms with Gasteiger partial charge < -0.3 is 0 Å². The SMILES string of the molecule is C=C/C=C\C(=C)C1=CC(c2cccc(C3=C4C=CC=CC4C(C)(C4=CC=CC5=C=CC#C[C]54)C4C=CC=CC34)c2)=CCC1. The van der Waals surface area contributed by atoms with E-state index in [9.17, 15) is 0 Å². The molecule has 1 aromatic rings. The summed E-state index contributed by atoms with van der Waals surface area (Å²) in [7, 11) is 0. The molecule has 1 radical (unpaired) electrons. The highest BCUT2D eigenvalue weighted by Crippen LogP contribution is 2.62. The molecule has 4 unspecified atom stereocenters. The molecule has 0 amide bonds. The molecule has 0 heterocycles. The van der Waals surface area contributed by atoms with Crippen LogP contribution in [0.2, 0.25) is 0 Å². The van der Waals surface area contributed by atoms with Gasteiger partial charge in [0.15, 0.2) is 0 Å². The first-order chi connectivity index (χ1) is 21.1. The Hall–Kier alpha value is -4.82. The number of hydrogen-bond acceptors (Lipinski definition) is 0. The van der Waals surface area contributed by atoms with Crippen LogP contribution < -0.4 is 0 Å². The van der Waals surface area contributed by atoms with Crippen molar-refractivity contribution in [2.24, 2.45) is 23.2 Å². The lowest BCUT2D eigenvalue weighted by molar-refractivity contribution is 0.194. The Kier molecular flexibility index (Phi) is 6.99. The highest BCUT2D eigenvalue weighted by molar-refractivity contribution is 5.83. The Morgan fingerprint density at radius 1 is 1.02 bits per heavy atom. The van der Waals surface area contributed by atoms with Crippen LogP contribution in [0.15, 0.2) is 174 Å². The third-order valence-electron chi connectivity index (χ3n) is 9.75. The van der Waals surface area contributed by atoms with Crippen molar-refractivity contribution in [2.45, 2.75) is 19.8 Å². The lowest BCUT2D eigenvalue weighted by Crippen LogP contribution is -2.46. The van der Waals surface area contributed by atoms with Crippen LogP contribution in [-0.4, -0.2) is 0 Å². The van der Waals surface area contributed by atoms with Gasteiger partial charge in [0.25, 0.3) is 0 Å². The van der Waals surface area contributed by atoms with Crippen LogP contribution in [0.1, 0.15) is 30.9 Å². The van der Waals surface area contributed by atoms with Crippen LogP contribution in [0.5, 0.6) is 0 Å². The van der Waals surface area contributed by atoms with Gasteiger partial charge in [0.05, 0.1) is 0 Å². The van der Waals surface area contributed by atoms with Crippen molar-refractivity contribution in [2.75, 3.05) is 0 Å². The minimum atomic E-state index is -0.175. The van der Waals surface area contributed by atoms with E-state index >= 15 is 0 Å². The molecule has 1 aromatic carbocycles. The summed E-state index contributed by atoms with van der Waals surface area (Å²) in [4.78, 5) is 0. The number of rotatable bonds is 6. The van der Waals surface area contributed by atoms with E-state index in [1.165, 1.54) is 39.0 Å². The number of benzene rings is 1. The van der Waals surface area contributed by atoms with E-state index in [0.29, 0.717) is 0 Å². The second kappa shape index (κ2) is 11.1. The van der Waals surface area contributed by atoms with Crippen LogP contribution in [-0.2, 0) is 0 Å². The van der Waals surface area contributed by atoms with E-state index in [-0.39, 0.29) is 23.2 Å². The summed E-state index contributed by atoms with van der Waals surface area (Å²) in [5.41, 5.74) is 14.6. The van der Waals surface area contributed by atoms with Gasteiger partial charge in [-0.3, -0.25) is 0 Å². The number of hydrogen-bond donors (Lipinski definition) is 0. The first-order valence-corrected chi connectivity index (χ1v) is 15.3. The van der Waals surface area contributed by atoms with Crippen molar-refractivity contribution >= 4 is 11.1 Å². The molecule has 0 N–H and O–H groups in total.